The Balaban J connectivity index is 2.56. The van der Waals surface area contributed by atoms with Crippen molar-refractivity contribution >= 4 is 16.3 Å². The van der Waals surface area contributed by atoms with Gasteiger partial charge in [0.1, 0.15) is 0 Å². The minimum Gasteiger partial charge on any atom is -0.396 e. The van der Waals surface area contributed by atoms with Crippen molar-refractivity contribution in [1.82, 2.24) is 5.32 Å². The Labute approximate surface area is 105 Å². The van der Waals surface area contributed by atoms with E-state index in [2.05, 4.69) is 12.2 Å². The van der Waals surface area contributed by atoms with Crippen LogP contribution >= 0.6 is 11.3 Å². The zero-order valence-electron chi connectivity index (χ0n) is 10.1. The number of aliphatic hydroxyl groups excluding tert-OH is 1. The summed E-state index contributed by atoms with van der Waals surface area (Å²) < 4.78 is 0. The van der Waals surface area contributed by atoms with Gasteiger partial charge in [0.25, 0.3) is 0 Å². The van der Waals surface area contributed by atoms with E-state index in [-0.39, 0.29) is 22.1 Å². The fourth-order valence-corrected chi connectivity index (χ4v) is 2.23. The SMILES string of the molecule is CCC(C)(CCO)NCc1csc([N+](=O)[O-])c1. The predicted octanol–water partition coefficient (Wildman–Crippen LogP) is 2.30. The molecule has 0 radical (unpaired) electrons. The van der Waals surface area contributed by atoms with Gasteiger partial charge in [-0.1, -0.05) is 18.3 Å². The van der Waals surface area contributed by atoms with Gasteiger partial charge >= 0.3 is 5.00 Å². The largest absolute Gasteiger partial charge is 0.396 e. The molecule has 0 saturated carbocycles. The third-order valence-electron chi connectivity index (χ3n) is 2.98. The maximum Gasteiger partial charge on any atom is 0.324 e. The second-order valence-electron chi connectivity index (χ2n) is 4.29. The standard InChI is InChI=1S/C11H18N2O3S/c1-3-11(2,4-5-14)12-7-9-6-10(13(15)16)17-8-9/h6,8,12,14H,3-5,7H2,1-2H3. The predicted molar refractivity (Wildman–Crippen MR) is 68.2 cm³/mol. The lowest BCUT2D eigenvalue weighted by Gasteiger charge is -2.29. The molecule has 0 aromatic carbocycles. The summed E-state index contributed by atoms with van der Waals surface area (Å²) in [4.78, 5) is 10.2. The van der Waals surface area contributed by atoms with E-state index in [1.807, 2.05) is 6.92 Å². The Morgan fingerprint density at radius 2 is 2.35 bits per heavy atom. The molecule has 0 fully saturated rings. The van der Waals surface area contributed by atoms with Crippen LogP contribution < -0.4 is 5.32 Å². The van der Waals surface area contributed by atoms with E-state index in [4.69, 9.17) is 5.11 Å². The molecule has 0 spiro atoms. The molecule has 0 bridgehead atoms. The number of thiophene rings is 1. The fourth-order valence-electron chi connectivity index (χ4n) is 1.50. The average Bonchev–Trinajstić information content (AvgIpc) is 2.76. The molecule has 2 N–H and O–H groups in total. The third kappa shape index (κ3) is 4.07. The topological polar surface area (TPSA) is 75.4 Å². The molecule has 1 rings (SSSR count). The first kappa shape index (κ1) is 14.1. The van der Waals surface area contributed by atoms with Gasteiger partial charge in [0.2, 0.25) is 0 Å². The van der Waals surface area contributed by atoms with E-state index in [0.717, 1.165) is 23.3 Å². The minimum atomic E-state index is -0.374. The summed E-state index contributed by atoms with van der Waals surface area (Å²) in [5.74, 6) is 0. The second kappa shape index (κ2) is 6.09. The first-order valence-corrected chi connectivity index (χ1v) is 6.46. The summed E-state index contributed by atoms with van der Waals surface area (Å²) in [6, 6.07) is 1.59. The maximum absolute atomic E-state index is 10.5. The van der Waals surface area contributed by atoms with Crippen molar-refractivity contribution in [3.63, 3.8) is 0 Å². The average molecular weight is 258 g/mol. The van der Waals surface area contributed by atoms with Crippen LogP contribution in [0.5, 0.6) is 0 Å². The first-order chi connectivity index (χ1) is 8.00. The molecule has 1 atom stereocenters. The highest BCUT2D eigenvalue weighted by molar-refractivity contribution is 7.13. The van der Waals surface area contributed by atoms with Crippen molar-refractivity contribution < 1.29 is 10.0 Å². The molecule has 96 valence electrons. The minimum absolute atomic E-state index is 0.120. The fraction of sp³-hybridized carbons (Fsp3) is 0.636. The van der Waals surface area contributed by atoms with Gasteiger partial charge in [-0.15, -0.1) is 0 Å². The van der Waals surface area contributed by atoms with Gasteiger partial charge in [-0.3, -0.25) is 10.1 Å². The highest BCUT2D eigenvalue weighted by Gasteiger charge is 2.21. The van der Waals surface area contributed by atoms with E-state index >= 15 is 0 Å². The van der Waals surface area contributed by atoms with Crippen molar-refractivity contribution in [2.45, 2.75) is 38.8 Å². The Hall–Kier alpha value is -0.980. The van der Waals surface area contributed by atoms with E-state index in [9.17, 15) is 10.1 Å². The summed E-state index contributed by atoms with van der Waals surface area (Å²) in [7, 11) is 0. The molecule has 17 heavy (non-hydrogen) atoms. The molecule has 1 aromatic heterocycles. The Bertz CT molecular complexity index is 381. The summed E-state index contributed by atoms with van der Waals surface area (Å²) in [5, 5.41) is 24.8. The summed E-state index contributed by atoms with van der Waals surface area (Å²) in [6.07, 6.45) is 1.58. The van der Waals surface area contributed by atoms with Crippen LogP contribution in [0.25, 0.3) is 0 Å². The van der Waals surface area contributed by atoms with Gasteiger partial charge in [0.15, 0.2) is 0 Å². The summed E-state index contributed by atoms with van der Waals surface area (Å²) >= 11 is 1.14. The van der Waals surface area contributed by atoms with Crippen LogP contribution in [0.1, 0.15) is 32.3 Å². The summed E-state index contributed by atoms with van der Waals surface area (Å²) in [6.45, 7) is 4.83. The molecular formula is C11H18N2O3S. The normalized spacial score (nSPS) is 14.5. The van der Waals surface area contributed by atoms with Gasteiger partial charge in [-0.25, -0.2) is 0 Å². The first-order valence-electron chi connectivity index (χ1n) is 5.58. The molecule has 6 heteroatoms. The smallest absolute Gasteiger partial charge is 0.324 e. The molecular weight excluding hydrogens is 240 g/mol. The Morgan fingerprint density at radius 1 is 1.65 bits per heavy atom. The lowest BCUT2D eigenvalue weighted by atomic mass is 9.95. The van der Waals surface area contributed by atoms with Crippen LogP contribution in [-0.4, -0.2) is 22.2 Å². The van der Waals surface area contributed by atoms with Gasteiger partial charge in [-0.2, -0.15) is 0 Å². The Morgan fingerprint density at radius 3 is 2.82 bits per heavy atom. The van der Waals surface area contributed by atoms with Crippen molar-refractivity contribution in [2.75, 3.05) is 6.61 Å². The number of nitro groups is 1. The highest BCUT2D eigenvalue weighted by Crippen LogP contribution is 2.23. The quantitative estimate of drug-likeness (QED) is 0.581. The van der Waals surface area contributed by atoms with Crippen LogP contribution in [0, 0.1) is 10.1 Å². The van der Waals surface area contributed by atoms with Crippen LogP contribution in [-0.2, 0) is 6.54 Å². The third-order valence-corrected chi connectivity index (χ3v) is 3.91. The van der Waals surface area contributed by atoms with Crippen LogP contribution in [0.3, 0.4) is 0 Å². The molecule has 0 aliphatic rings. The van der Waals surface area contributed by atoms with E-state index < -0.39 is 0 Å². The van der Waals surface area contributed by atoms with Gasteiger partial charge in [0, 0.05) is 30.1 Å². The van der Waals surface area contributed by atoms with E-state index in [1.54, 1.807) is 11.4 Å². The highest BCUT2D eigenvalue weighted by atomic mass is 32.1. The van der Waals surface area contributed by atoms with Crippen LogP contribution in [0.2, 0.25) is 0 Å². The van der Waals surface area contributed by atoms with E-state index in [1.165, 1.54) is 0 Å². The van der Waals surface area contributed by atoms with Crippen molar-refractivity contribution in [1.29, 1.82) is 0 Å². The molecule has 1 unspecified atom stereocenters. The van der Waals surface area contributed by atoms with Crippen LogP contribution in [0.4, 0.5) is 5.00 Å². The second-order valence-corrected chi connectivity index (χ2v) is 5.18. The molecule has 1 aromatic rings. The molecule has 5 nitrogen and oxygen atoms in total. The van der Waals surface area contributed by atoms with Crippen LogP contribution in [0.15, 0.2) is 11.4 Å². The zero-order valence-corrected chi connectivity index (χ0v) is 10.9. The van der Waals surface area contributed by atoms with Crippen molar-refractivity contribution in [3.05, 3.63) is 27.1 Å². The lowest BCUT2D eigenvalue weighted by Crippen LogP contribution is -2.41. The molecule has 0 amide bonds. The van der Waals surface area contributed by atoms with Gasteiger partial charge in [-0.05, 0) is 25.3 Å². The summed E-state index contributed by atoms with van der Waals surface area (Å²) in [5.41, 5.74) is 0.796. The van der Waals surface area contributed by atoms with Crippen molar-refractivity contribution in [3.8, 4) is 0 Å². The Kier molecular flexibility index (Phi) is 5.04. The van der Waals surface area contributed by atoms with Crippen molar-refractivity contribution in [2.24, 2.45) is 0 Å². The zero-order chi connectivity index (χ0) is 12.9. The number of rotatable bonds is 7. The number of hydrogen-bond donors (Lipinski definition) is 2. The van der Waals surface area contributed by atoms with Gasteiger partial charge < -0.3 is 10.4 Å². The lowest BCUT2D eigenvalue weighted by molar-refractivity contribution is -0.380. The van der Waals surface area contributed by atoms with Gasteiger partial charge in [0.05, 0.1) is 4.92 Å². The number of aliphatic hydroxyl groups is 1. The number of nitrogens with zero attached hydrogens (tertiary/aromatic N) is 1. The van der Waals surface area contributed by atoms with E-state index in [0.29, 0.717) is 13.0 Å². The number of hydrogen-bond acceptors (Lipinski definition) is 5. The number of nitrogens with one attached hydrogen (secondary N) is 1. The maximum atomic E-state index is 10.5. The monoisotopic (exact) mass is 258 g/mol. The molecule has 0 saturated heterocycles. The molecule has 0 aliphatic heterocycles. The molecule has 1 heterocycles. The molecule has 0 aliphatic carbocycles.